The molecule has 11 nitrogen and oxygen atoms in total. The molecule has 0 saturated heterocycles. The number of hydrogen-bond acceptors (Lipinski definition) is 7. The summed E-state index contributed by atoms with van der Waals surface area (Å²) in [5, 5.41) is 26.9. The van der Waals surface area contributed by atoms with Crippen molar-refractivity contribution >= 4 is 29.9 Å². The standard InChI is InChI=1S/C23H29N5O6/c1-13(25)6-17-8-15(3-5-20(17)30)14-2-4-18(27-21(31)10-24)16(7-14)9-19(23(33)34)28-22(32)11-26-12-29/h2-5,7-8,12-13,19,30H,6,9-11,24-25H2,1H3,(H,26,29)(H,27,31)(H,28,32)(H,33,34). The minimum atomic E-state index is -1.32. The summed E-state index contributed by atoms with van der Waals surface area (Å²) < 4.78 is 0. The minimum absolute atomic E-state index is 0.116. The van der Waals surface area contributed by atoms with Gasteiger partial charge in [0.2, 0.25) is 18.2 Å². The Morgan fingerprint density at radius 1 is 1.03 bits per heavy atom. The molecule has 0 heterocycles. The lowest BCUT2D eigenvalue weighted by molar-refractivity contribution is -0.141. The van der Waals surface area contributed by atoms with E-state index < -0.39 is 23.8 Å². The zero-order chi connectivity index (χ0) is 25.3. The Labute approximate surface area is 196 Å². The summed E-state index contributed by atoms with van der Waals surface area (Å²) in [7, 11) is 0. The van der Waals surface area contributed by atoms with E-state index in [0.717, 1.165) is 5.56 Å². The molecule has 3 amide bonds. The zero-order valence-electron chi connectivity index (χ0n) is 18.7. The van der Waals surface area contributed by atoms with Gasteiger partial charge in [0.15, 0.2) is 0 Å². The molecule has 0 aliphatic rings. The summed E-state index contributed by atoms with van der Waals surface area (Å²) in [5.41, 5.74) is 14.2. The highest BCUT2D eigenvalue weighted by Crippen LogP contribution is 2.30. The van der Waals surface area contributed by atoms with Crippen molar-refractivity contribution in [2.45, 2.75) is 31.8 Å². The van der Waals surface area contributed by atoms with Crippen LogP contribution < -0.4 is 27.4 Å². The van der Waals surface area contributed by atoms with Gasteiger partial charge in [-0.2, -0.15) is 0 Å². The summed E-state index contributed by atoms with van der Waals surface area (Å²) in [4.78, 5) is 46.0. The molecule has 11 heteroatoms. The van der Waals surface area contributed by atoms with Gasteiger partial charge in [-0.25, -0.2) is 4.79 Å². The highest BCUT2D eigenvalue weighted by molar-refractivity contribution is 5.93. The maximum Gasteiger partial charge on any atom is 0.326 e. The van der Waals surface area contributed by atoms with E-state index in [-0.39, 0.29) is 31.3 Å². The number of carboxylic acids is 1. The molecule has 9 N–H and O–H groups in total. The fourth-order valence-electron chi connectivity index (χ4n) is 3.34. The number of anilines is 1. The Bertz CT molecular complexity index is 1060. The maximum atomic E-state index is 11.9. The van der Waals surface area contributed by atoms with Crippen LogP contribution in [-0.4, -0.2) is 59.6 Å². The number of aliphatic carboxylic acids is 1. The van der Waals surface area contributed by atoms with Crippen LogP contribution in [0.15, 0.2) is 36.4 Å². The van der Waals surface area contributed by atoms with Crippen molar-refractivity contribution in [3.8, 4) is 16.9 Å². The van der Waals surface area contributed by atoms with E-state index in [4.69, 9.17) is 11.5 Å². The molecule has 0 aromatic heterocycles. The molecule has 0 saturated carbocycles. The summed E-state index contributed by atoms with van der Waals surface area (Å²) in [6.45, 7) is 1.18. The van der Waals surface area contributed by atoms with Crippen LogP contribution in [0.25, 0.3) is 11.1 Å². The van der Waals surface area contributed by atoms with Crippen molar-refractivity contribution in [3.63, 3.8) is 0 Å². The summed E-state index contributed by atoms with van der Waals surface area (Å²) >= 11 is 0. The van der Waals surface area contributed by atoms with Crippen LogP contribution in [0.2, 0.25) is 0 Å². The third-order valence-corrected chi connectivity index (χ3v) is 4.92. The van der Waals surface area contributed by atoms with Gasteiger partial charge < -0.3 is 37.6 Å². The summed E-state index contributed by atoms with van der Waals surface area (Å²) in [5.74, 6) is -2.32. The molecule has 0 aliphatic heterocycles. The Hall–Kier alpha value is -3.96. The van der Waals surface area contributed by atoms with Gasteiger partial charge in [0.1, 0.15) is 11.8 Å². The molecule has 0 aliphatic carbocycles. The first kappa shape index (κ1) is 26.3. The number of carbonyl (C=O) groups is 4. The van der Waals surface area contributed by atoms with Crippen LogP contribution in [0.4, 0.5) is 5.69 Å². The van der Waals surface area contributed by atoms with Gasteiger partial charge >= 0.3 is 5.97 Å². The van der Waals surface area contributed by atoms with Gasteiger partial charge in [0, 0.05) is 18.2 Å². The normalized spacial score (nSPS) is 12.3. The number of hydrogen-bond donors (Lipinski definition) is 7. The summed E-state index contributed by atoms with van der Waals surface area (Å²) in [6.07, 6.45) is 0.636. The number of nitrogens with two attached hydrogens (primary N) is 2. The van der Waals surface area contributed by atoms with Crippen molar-refractivity contribution in [1.29, 1.82) is 0 Å². The first-order chi connectivity index (χ1) is 16.1. The number of amides is 3. The molecule has 2 rings (SSSR count). The molecule has 2 aromatic rings. The number of carboxylic acid groups (broad SMARTS) is 1. The lowest BCUT2D eigenvalue weighted by Gasteiger charge is -2.18. The molecule has 2 unspecified atom stereocenters. The SMILES string of the molecule is CC(N)Cc1cc(-c2ccc(NC(=O)CN)c(CC(NC(=O)CNC=O)C(=O)O)c2)ccc1O. The number of nitrogens with one attached hydrogen (secondary N) is 3. The van der Waals surface area contributed by atoms with E-state index in [9.17, 15) is 29.4 Å². The fraction of sp³-hybridized carbons (Fsp3) is 0.304. The van der Waals surface area contributed by atoms with E-state index in [1.165, 1.54) is 0 Å². The smallest absolute Gasteiger partial charge is 0.326 e. The van der Waals surface area contributed by atoms with Crippen molar-refractivity contribution in [3.05, 3.63) is 47.5 Å². The van der Waals surface area contributed by atoms with E-state index >= 15 is 0 Å². The number of benzene rings is 2. The molecule has 34 heavy (non-hydrogen) atoms. The second-order valence-corrected chi connectivity index (χ2v) is 7.81. The molecule has 0 radical (unpaired) electrons. The molecule has 2 atom stereocenters. The molecular weight excluding hydrogens is 442 g/mol. The third kappa shape index (κ3) is 7.57. The van der Waals surface area contributed by atoms with Crippen LogP contribution in [0.5, 0.6) is 5.75 Å². The predicted octanol–water partition coefficient (Wildman–Crippen LogP) is -0.296. The Morgan fingerprint density at radius 3 is 2.26 bits per heavy atom. The average Bonchev–Trinajstić information content (AvgIpc) is 2.79. The quantitative estimate of drug-likeness (QED) is 0.205. The first-order valence-electron chi connectivity index (χ1n) is 10.5. The molecule has 182 valence electrons. The highest BCUT2D eigenvalue weighted by Gasteiger charge is 2.22. The highest BCUT2D eigenvalue weighted by atomic mass is 16.4. The number of rotatable bonds is 12. The van der Waals surface area contributed by atoms with Crippen molar-refractivity contribution in [2.24, 2.45) is 11.5 Å². The Balaban J connectivity index is 2.44. The Kier molecular flexibility index (Phi) is 9.53. The topological polar surface area (TPSA) is 197 Å². The first-order valence-corrected chi connectivity index (χ1v) is 10.5. The maximum absolute atomic E-state index is 11.9. The van der Waals surface area contributed by atoms with E-state index in [1.54, 1.807) is 36.4 Å². The van der Waals surface area contributed by atoms with Crippen molar-refractivity contribution in [2.75, 3.05) is 18.4 Å². The number of carbonyl (C=O) groups excluding carboxylic acids is 3. The third-order valence-electron chi connectivity index (χ3n) is 4.92. The molecule has 0 fully saturated rings. The van der Waals surface area contributed by atoms with Gasteiger partial charge in [-0.1, -0.05) is 12.1 Å². The second-order valence-electron chi connectivity index (χ2n) is 7.81. The minimum Gasteiger partial charge on any atom is -0.508 e. The summed E-state index contributed by atoms with van der Waals surface area (Å²) in [6, 6.07) is 8.61. The van der Waals surface area contributed by atoms with Gasteiger partial charge in [0.25, 0.3) is 0 Å². The predicted molar refractivity (Wildman–Crippen MR) is 126 cm³/mol. The van der Waals surface area contributed by atoms with Gasteiger partial charge in [0.05, 0.1) is 13.1 Å². The van der Waals surface area contributed by atoms with Crippen LogP contribution in [0.3, 0.4) is 0 Å². The Morgan fingerprint density at radius 2 is 1.68 bits per heavy atom. The lowest BCUT2D eigenvalue weighted by atomic mass is 9.95. The number of phenolic OH excluding ortho intramolecular Hbond substituents is 1. The second kappa shape index (κ2) is 12.3. The molecular formula is C23H29N5O6. The fourth-order valence-corrected chi connectivity index (χ4v) is 3.34. The lowest BCUT2D eigenvalue weighted by Crippen LogP contribution is -2.45. The van der Waals surface area contributed by atoms with Gasteiger partial charge in [-0.15, -0.1) is 0 Å². The van der Waals surface area contributed by atoms with E-state index in [1.807, 2.05) is 6.92 Å². The van der Waals surface area contributed by atoms with E-state index in [2.05, 4.69) is 16.0 Å². The van der Waals surface area contributed by atoms with Crippen LogP contribution in [0, 0.1) is 0 Å². The van der Waals surface area contributed by atoms with Crippen molar-refractivity contribution < 1.29 is 29.4 Å². The molecule has 0 bridgehead atoms. The molecule has 2 aromatic carbocycles. The van der Waals surface area contributed by atoms with Crippen LogP contribution >= 0.6 is 0 Å². The van der Waals surface area contributed by atoms with Crippen LogP contribution in [-0.2, 0) is 32.0 Å². The number of aromatic hydroxyl groups is 1. The molecule has 0 spiro atoms. The van der Waals surface area contributed by atoms with Crippen molar-refractivity contribution in [1.82, 2.24) is 10.6 Å². The van der Waals surface area contributed by atoms with E-state index in [0.29, 0.717) is 35.2 Å². The van der Waals surface area contributed by atoms with Gasteiger partial charge in [-0.3, -0.25) is 14.4 Å². The van der Waals surface area contributed by atoms with Crippen LogP contribution in [0.1, 0.15) is 18.1 Å². The largest absolute Gasteiger partial charge is 0.508 e. The van der Waals surface area contributed by atoms with Gasteiger partial charge in [-0.05, 0) is 59.9 Å². The average molecular weight is 472 g/mol. The number of phenols is 1. The monoisotopic (exact) mass is 471 g/mol. The zero-order valence-corrected chi connectivity index (χ0v) is 18.7.